The number of imidazole rings is 1. The number of para-hydroxylation sites is 2. The van der Waals surface area contributed by atoms with Crippen LogP contribution in [0.25, 0.3) is 11.0 Å². The minimum atomic E-state index is 0.793. The lowest BCUT2D eigenvalue weighted by Gasteiger charge is -2.16. The Labute approximate surface area is 107 Å². The third kappa shape index (κ3) is 1.93. The number of nitrogens with zero attached hydrogens (tertiary/aromatic N) is 1. The lowest BCUT2D eigenvalue weighted by molar-refractivity contribution is 0.366. The van der Waals surface area contributed by atoms with E-state index < -0.39 is 0 Å². The van der Waals surface area contributed by atoms with Crippen LogP contribution in [0.1, 0.15) is 26.2 Å². The average molecular weight is 246 g/mol. The van der Waals surface area contributed by atoms with Crippen LogP contribution < -0.4 is 0 Å². The molecule has 1 heterocycles. The number of fused-ring (bicyclic) bond motifs is 1. The summed E-state index contributed by atoms with van der Waals surface area (Å²) < 4.78 is 3.14. The zero-order valence-corrected chi connectivity index (χ0v) is 11.0. The first kappa shape index (κ1) is 11.0. The van der Waals surface area contributed by atoms with Gasteiger partial charge in [-0.05, 0) is 42.6 Å². The number of nitrogens with one attached hydrogen (secondary N) is 1. The maximum atomic E-state index is 5.43. The fourth-order valence-electron chi connectivity index (χ4n) is 3.02. The van der Waals surface area contributed by atoms with E-state index >= 15 is 0 Å². The topological polar surface area (TPSA) is 20.7 Å². The van der Waals surface area contributed by atoms with E-state index in [1.807, 2.05) is 0 Å². The highest BCUT2D eigenvalue weighted by atomic mass is 32.1. The highest BCUT2D eigenvalue weighted by Crippen LogP contribution is 2.33. The largest absolute Gasteiger partial charge is 0.331 e. The summed E-state index contributed by atoms with van der Waals surface area (Å²) in [6.45, 7) is 3.44. The highest BCUT2D eigenvalue weighted by Gasteiger charge is 2.24. The molecule has 3 rings (SSSR count). The van der Waals surface area contributed by atoms with E-state index in [4.69, 9.17) is 12.2 Å². The zero-order chi connectivity index (χ0) is 11.8. The lowest BCUT2D eigenvalue weighted by atomic mass is 9.98. The van der Waals surface area contributed by atoms with E-state index in [0.29, 0.717) is 0 Å². The summed E-state index contributed by atoms with van der Waals surface area (Å²) in [5.41, 5.74) is 2.40. The van der Waals surface area contributed by atoms with E-state index in [2.05, 4.69) is 40.7 Å². The molecule has 1 aliphatic carbocycles. The summed E-state index contributed by atoms with van der Waals surface area (Å²) in [4.78, 5) is 3.29. The number of hydrogen-bond acceptors (Lipinski definition) is 1. The van der Waals surface area contributed by atoms with Crippen molar-refractivity contribution in [1.29, 1.82) is 0 Å². The Morgan fingerprint density at radius 1 is 1.35 bits per heavy atom. The fraction of sp³-hybridized carbons (Fsp3) is 0.500. The number of aromatic amines is 1. The number of rotatable bonds is 2. The SMILES string of the molecule is CC1CCCC1Cn1c(=S)[nH]c2ccccc21. The van der Waals surface area contributed by atoms with Gasteiger partial charge in [-0.2, -0.15) is 0 Å². The van der Waals surface area contributed by atoms with E-state index in [0.717, 1.165) is 28.7 Å². The third-order valence-electron chi connectivity index (χ3n) is 4.14. The van der Waals surface area contributed by atoms with Crippen LogP contribution in [-0.4, -0.2) is 9.55 Å². The van der Waals surface area contributed by atoms with E-state index in [1.165, 1.54) is 24.8 Å². The molecule has 2 atom stereocenters. The molecule has 1 aromatic carbocycles. The molecule has 0 bridgehead atoms. The molecule has 0 saturated heterocycles. The molecule has 2 aromatic rings. The van der Waals surface area contributed by atoms with Gasteiger partial charge in [0.05, 0.1) is 11.0 Å². The molecule has 3 heteroatoms. The van der Waals surface area contributed by atoms with Gasteiger partial charge in [-0.1, -0.05) is 31.9 Å². The Morgan fingerprint density at radius 2 is 2.18 bits per heavy atom. The quantitative estimate of drug-likeness (QED) is 0.790. The van der Waals surface area contributed by atoms with Crippen LogP contribution in [0.3, 0.4) is 0 Å². The van der Waals surface area contributed by atoms with Gasteiger partial charge < -0.3 is 9.55 Å². The molecule has 2 nitrogen and oxygen atoms in total. The van der Waals surface area contributed by atoms with E-state index in [9.17, 15) is 0 Å². The molecule has 1 aliphatic rings. The molecule has 1 saturated carbocycles. The highest BCUT2D eigenvalue weighted by molar-refractivity contribution is 7.71. The van der Waals surface area contributed by atoms with Crippen LogP contribution in [0.2, 0.25) is 0 Å². The van der Waals surface area contributed by atoms with Gasteiger partial charge in [-0.3, -0.25) is 0 Å². The summed E-state index contributed by atoms with van der Waals surface area (Å²) in [5.74, 6) is 1.63. The molecule has 0 aliphatic heterocycles. The van der Waals surface area contributed by atoms with Crippen molar-refractivity contribution in [3.05, 3.63) is 29.0 Å². The Kier molecular flexibility index (Phi) is 2.79. The zero-order valence-electron chi connectivity index (χ0n) is 10.1. The second-order valence-electron chi connectivity index (χ2n) is 5.23. The molecule has 1 fully saturated rings. The molecular weight excluding hydrogens is 228 g/mol. The first-order chi connectivity index (χ1) is 8.25. The van der Waals surface area contributed by atoms with Crippen molar-refractivity contribution in [2.24, 2.45) is 11.8 Å². The van der Waals surface area contributed by atoms with Crippen LogP contribution in [0.5, 0.6) is 0 Å². The number of H-pyrrole nitrogens is 1. The molecule has 17 heavy (non-hydrogen) atoms. The Morgan fingerprint density at radius 3 is 2.94 bits per heavy atom. The van der Waals surface area contributed by atoms with Crippen molar-refractivity contribution in [1.82, 2.24) is 9.55 Å². The summed E-state index contributed by atoms with van der Waals surface area (Å²) in [6.07, 6.45) is 4.10. The van der Waals surface area contributed by atoms with Gasteiger partial charge in [0.15, 0.2) is 4.77 Å². The van der Waals surface area contributed by atoms with Crippen molar-refractivity contribution < 1.29 is 0 Å². The number of hydrogen-bond donors (Lipinski definition) is 1. The van der Waals surface area contributed by atoms with Crippen molar-refractivity contribution in [3.63, 3.8) is 0 Å². The fourth-order valence-corrected chi connectivity index (χ4v) is 3.30. The molecule has 90 valence electrons. The maximum absolute atomic E-state index is 5.43. The van der Waals surface area contributed by atoms with Crippen LogP contribution >= 0.6 is 12.2 Å². The smallest absolute Gasteiger partial charge is 0.178 e. The number of benzene rings is 1. The van der Waals surface area contributed by atoms with Gasteiger partial charge in [0.1, 0.15) is 0 Å². The van der Waals surface area contributed by atoms with Gasteiger partial charge >= 0.3 is 0 Å². The lowest BCUT2D eigenvalue weighted by Crippen LogP contribution is -2.13. The van der Waals surface area contributed by atoms with Gasteiger partial charge in [0.25, 0.3) is 0 Å². The maximum Gasteiger partial charge on any atom is 0.178 e. The molecular formula is C14H18N2S. The Bertz CT molecular complexity index is 581. The van der Waals surface area contributed by atoms with Crippen LogP contribution in [-0.2, 0) is 6.54 Å². The van der Waals surface area contributed by atoms with Gasteiger partial charge in [-0.25, -0.2) is 0 Å². The average Bonchev–Trinajstić information content (AvgIpc) is 2.85. The second kappa shape index (κ2) is 4.30. The monoisotopic (exact) mass is 246 g/mol. The standard InChI is InChI=1S/C14H18N2S/c1-10-5-4-6-11(10)9-16-13-8-3-2-7-12(13)15-14(16)17/h2-3,7-8,10-11H,4-6,9H2,1H3,(H,15,17). The summed E-state index contributed by atoms with van der Waals surface area (Å²) >= 11 is 5.43. The first-order valence-corrected chi connectivity index (χ1v) is 6.84. The van der Waals surface area contributed by atoms with Gasteiger partial charge in [0, 0.05) is 6.54 Å². The van der Waals surface area contributed by atoms with Crippen molar-refractivity contribution in [3.8, 4) is 0 Å². The third-order valence-corrected chi connectivity index (χ3v) is 4.46. The minimum absolute atomic E-state index is 0.793. The first-order valence-electron chi connectivity index (χ1n) is 6.43. The Balaban J connectivity index is 1.99. The van der Waals surface area contributed by atoms with E-state index in [1.54, 1.807) is 0 Å². The molecule has 1 N–H and O–H groups in total. The molecule has 0 amide bonds. The minimum Gasteiger partial charge on any atom is -0.331 e. The summed E-state index contributed by atoms with van der Waals surface area (Å²) in [6, 6.07) is 8.39. The van der Waals surface area contributed by atoms with E-state index in [-0.39, 0.29) is 0 Å². The molecule has 1 aromatic heterocycles. The summed E-state index contributed by atoms with van der Waals surface area (Å²) in [5, 5.41) is 0. The van der Waals surface area contributed by atoms with Crippen molar-refractivity contribution >= 4 is 23.3 Å². The molecule has 0 radical (unpaired) electrons. The van der Waals surface area contributed by atoms with Crippen LogP contribution in [0.4, 0.5) is 0 Å². The molecule has 2 unspecified atom stereocenters. The van der Waals surface area contributed by atoms with Gasteiger partial charge in [-0.15, -0.1) is 0 Å². The molecule has 0 spiro atoms. The van der Waals surface area contributed by atoms with Crippen LogP contribution in [0, 0.1) is 16.6 Å². The van der Waals surface area contributed by atoms with Crippen molar-refractivity contribution in [2.45, 2.75) is 32.7 Å². The number of aromatic nitrogens is 2. The predicted molar refractivity (Wildman–Crippen MR) is 73.6 cm³/mol. The second-order valence-corrected chi connectivity index (χ2v) is 5.61. The van der Waals surface area contributed by atoms with Crippen molar-refractivity contribution in [2.75, 3.05) is 0 Å². The normalized spacial score (nSPS) is 24.5. The summed E-state index contributed by atoms with van der Waals surface area (Å²) in [7, 11) is 0. The van der Waals surface area contributed by atoms with Gasteiger partial charge in [0.2, 0.25) is 0 Å². The predicted octanol–water partition coefficient (Wildman–Crippen LogP) is 4.14. The van der Waals surface area contributed by atoms with Crippen LogP contribution in [0.15, 0.2) is 24.3 Å². The Hall–Kier alpha value is -1.09.